The minimum absolute atomic E-state index is 0.0434. The van der Waals surface area contributed by atoms with Gasteiger partial charge >= 0.3 is 24.3 Å². The quantitative estimate of drug-likeness (QED) is 0.475. The summed E-state index contributed by atoms with van der Waals surface area (Å²) >= 11 is 0. The molecule has 0 fully saturated rings. The van der Waals surface area contributed by atoms with E-state index in [1.54, 1.807) is 0 Å². The summed E-state index contributed by atoms with van der Waals surface area (Å²) in [5.41, 5.74) is 0.0869. The van der Waals surface area contributed by atoms with E-state index in [0.29, 0.717) is 6.07 Å². The summed E-state index contributed by atoms with van der Waals surface area (Å²) in [6.07, 6.45) is -10.6. The molecule has 1 rings (SSSR count). The summed E-state index contributed by atoms with van der Waals surface area (Å²) in [5.74, 6) is -6.43. The van der Waals surface area contributed by atoms with Crippen LogP contribution < -0.4 is 9.47 Å². The molecule has 0 aliphatic heterocycles. The van der Waals surface area contributed by atoms with Crippen molar-refractivity contribution in [2.24, 2.45) is 0 Å². The molecule has 22 heavy (non-hydrogen) atoms. The van der Waals surface area contributed by atoms with Gasteiger partial charge in [0.05, 0.1) is 0 Å². The molecule has 0 N–H and O–H groups in total. The fourth-order valence-corrected chi connectivity index (χ4v) is 1.35. The largest absolute Gasteiger partial charge is 0.491 e. The van der Waals surface area contributed by atoms with Gasteiger partial charge in [0.15, 0.2) is 0 Å². The molecule has 1 aromatic rings. The third-order valence-electron chi connectivity index (χ3n) is 2.34. The van der Waals surface area contributed by atoms with E-state index in [1.807, 2.05) is 0 Å². The SMILES string of the molecule is Cc1cc(C)c(OC(=O)C(F)(F)F)cc1OC(=O)C(F)(F)F. The second kappa shape index (κ2) is 5.85. The second-order valence-electron chi connectivity index (χ2n) is 4.16. The Labute approximate surface area is 119 Å². The molecule has 4 nitrogen and oxygen atoms in total. The fraction of sp³-hybridized carbons (Fsp3) is 0.333. The van der Waals surface area contributed by atoms with Crippen LogP contribution in [0.1, 0.15) is 11.1 Å². The fourth-order valence-electron chi connectivity index (χ4n) is 1.35. The summed E-state index contributed by atoms with van der Waals surface area (Å²) in [6.45, 7) is 2.53. The molecule has 0 aliphatic carbocycles. The predicted molar refractivity (Wildman–Crippen MR) is 59.3 cm³/mol. The van der Waals surface area contributed by atoms with E-state index in [0.717, 1.165) is 6.07 Å². The van der Waals surface area contributed by atoms with E-state index in [1.165, 1.54) is 13.8 Å². The third kappa shape index (κ3) is 4.37. The summed E-state index contributed by atoms with van der Waals surface area (Å²) < 4.78 is 80.7. The molecule has 0 aromatic heterocycles. The third-order valence-corrected chi connectivity index (χ3v) is 2.34. The topological polar surface area (TPSA) is 52.6 Å². The number of esters is 2. The maximum atomic E-state index is 12.1. The highest BCUT2D eigenvalue weighted by Crippen LogP contribution is 2.31. The van der Waals surface area contributed by atoms with Crippen molar-refractivity contribution in [1.82, 2.24) is 0 Å². The number of aryl methyl sites for hydroxylation is 2. The first-order valence-electron chi connectivity index (χ1n) is 5.51. The Hall–Kier alpha value is -2.26. The van der Waals surface area contributed by atoms with Gasteiger partial charge < -0.3 is 9.47 Å². The first-order chi connectivity index (χ1) is 9.82. The van der Waals surface area contributed by atoms with E-state index in [2.05, 4.69) is 9.47 Å². The summed E-state index contributed by atoms with van der Waals surface area (Å²) in [7, 11) is 0. The van der Waals surface area contributed by atoms with Gasteiger partial charge in [0.25, 0.3) is 0 Å². The van der Waals surface area contributed by atoms with Crippen LogP contribution in [0, 0.1) is 13.8 Å². The highest BCUT2D eigenvalue weighted by Gasteiger charge is 2.43. The van der Waals surface area contributed by atoms with Crippen molar-refractivity contribution >= 4 is 11.9 Å². The standard InChI is InChI=1S/C12H8F6O4/c1-5-3-6(2)8(22-10(20)12(16,17)18)4-7(5)21-9(19)11(13,14)15/h3-4H,1-2H3. The molecule has 122 valence electrons. The van der Waals surface area contributed by atoms with E-state index in [-0.39, 0.29) is 11.1 Å². The summed E-state index contributed by atoms with van der Waals surface area (Å²) in [6, 6.07) is 1.72. The number of hydrogen-bond acceptors (Lipinski definition) is 4. The van der Waals surface area contributed by atoms with Crippen LogP contribution in [0.4, 0.5) is 26.3 Å². The van der Waals surface area contributed by atoms with Crippen molar-refractivity contribution in [2.75, 3.05) is 0 Å². The van der Waals surface area contributed by atoms with E-state index >= 15 is 0 Å². The number of hydrogen-bond donors (Lipinski definition) is 0. The number of halogens is 6. The van der Waals surface area contributed by atoms with Gasteiger partial charge in [0.2, 0.25) is 0 Å². The van der Waals surface area contributed by atoms with E-state index in [9.17, 15) is 35.9 Å². The Morgan fingerprint density at radius 2 is 1.09 bits per heavy atom. The van der Waals surface area contributed by atoms with Crippen molar-refractivity contribution in [3.05, 3.63) is 23.3 Å². The van der Waals surface area contributed by atoms with Gasteiger partial charge in [-0.25, -0.2) is 9.59 Å². The molecular formula is C12H8F6O4. The summed E-state index contributed by atoms with van der Waals surface area (Å²) in [4.78, 5) is 21.5. The van der Waals surface area contributed by atoms with Crippen molar-refractivity contribution in [3.8, 4) is 11.5 Å². The highest BCUT2D eigenvalue weighted by atomic mass is 19.4. The number of ether oxygens (including phenoxy) is 2. The predicted octanol–water partition coefficient (Wildman–Crippen LogP) is 3.24. The van der Waals surface area contributed by atoms with Crippen LogP contribution in [0.5, 0.6) is 11.5 Å². The first kappa shape index (κ1) is 17.8. The van der Waals surface area contributed by atoms with Crippen molar-refractivity contribution in [2.45, 2.75) is 26.2 Å². The molecule has 0 aliphatic rings. The molecule has 1 aromatic carbocycles. The number of alkyl halides is 6. The lowest BCUT2D eigenvalue weighted by Crippen LogP contribution is -2.29. The number of carbonyl (C=O) groups is 2. The van der Waals surface area contributed by atoms with E-state index in [4.69, 9.17) is 0 Å². The van der Waals surface area contributed by atoms with Crippen molar-refractivity contribution < 1.29 is 45.4 Å². The second-order valence-corrected chi connectivity index (χ2v) is 4.16. The minimum atomic E-state index is -5.28. The van der Waals surface area contributed by atoms with Gasteiger partial charge in [-0.15, -0.1) is 0 Å². The molecule has 0 atom stereocenters. The van der Waals surface area contributed by atoms with Crippen LogP contribution >= 0.6 is 0 Å². The lowest BCUT2D eigenvalue weighted by atomic mass is 10.1. The molecule has 0 spiro atoms. The Bertz CT molecular complexity index is 554. The van der Waals surface area contributed by atoms with Gasteiger partial charge in [-0.05, 0) is 31.0 Å². The molecule has 0 heterocycles. The Balaban J connectivity index is 3.10. The van der Waals surface area contributed by atoms with Crippen LogP contribution in [0.3, 0.4) is 0 Å². The number of benzene rings is 1. The molecule has 10 heteroatoms. The number of rotatable bonds is 2. The first-order valence-corrected chi connectivity index (χ1v) is 5.51. The molecular weight excluding hydrogens is 322 g/mol. The van der Waals surface area contributed by atoms with Crippen LogP contribution in [0.25, 0.3) is 0 Å². The van der Waals surface area contributed by atoms with Gasteiger partial charge in [0, 0.05) is 6.07 Å². The molecule has 0 unspecified atom stereocenters. The van der Waals surface area contributed by atoms with Gasteiger partial charge in [0.1, 0.15) is 11.5 Å². The normalized spacial score (nSPS) is 12.0. The number of carbonyl (C=O) groups excluding carboxylic acids is 2. The van der Waals surface area contributed by atoms with E-state index < -0.39 is 35.8 Å². The minimum Gasteiger partial charge on any atom is -0.419 e. The van der Waals surface area contributed by atoms with Gasteiger partial charge in [-0.1, -0.05) is 0 Å². The lowest BCUT2D eigenvalue weighted by molar-refractivity contribution is -0.190. The highest BCUT2D eigenvalue weighted by molar-refractivity contribution is 5.80. The smallest absolute Gasteiger partial charge is 0.419 e. The lowest BCUT2D eigenvalue weighted by Gasteiger charge is -2.14. The summed E-state index contributed by atoms with van der Waals surface area (Å²) in [5, 5.41) is 0. The van der Waals surface area contributed by atoms with Crippen LogP contribution in [-0.4, -0.2) is 24.3 Å². The maximum absolute atomic E-state index is 12.1. The van der Waals surface area contributed by atoms with Crippen molar-refractivity contribution in [3.63, 3.8) is 0 Å². The van der Waals surface area contributed by atoms with Crippen LogP contribution in [0.2, 0.25) is 0 Å². The zero-order valence-corrected chi connectivity index (χ0v) is 11.1. The van der Waals surface area contributed by atoms with Gasteiger partial charge in [-0.2, -0.15) is 26.3 Å². The Morgan fingerprint density at radius 1 is 0.773 bits per heavy atom. The molecule has 0 saturated carbocycles. The zero-order chi connectivity index (χ0) is 17.3. The van der Waals surface area contributed by atoms with Gasteiger partial charge in [-0.3, -0.25) is 0 Å². The molecule has 0 radical (unpaired) electrons. The molecule has 0 saturated heterocycles. The molecule has 0 bridgehead atoms. The Kier molecular flexibility index (Phi) is 4.73. The Morgan fingerprint density at radius 3 is 1.36 bits per heavy atom. The maximum Gasteiger partial charge on any atom is 0.491 e. The van der Waals surface area contributed by atoms with Crippen molar-refractivity contribution in [1.29, 1.82) is 0 Å². The van der Waals surface area contributed by atoms with Crippen LogP contribution in [0.15, 0.2) is 12.1 Å². The average molecular weight is 330 g/mol. The molecule has 0 amide bonds. The van der Waals surface area contributed by atoms with Crippen LogP contribution in [-0.2, 0) is 9.59 Å². The monoisotopic (exact) mass is 330 g/mol. The zero-order valence-electron chi connectivity index (χ0n) is 11.1. The average Bonchev–Trinajstić information content (AvgIpc) is 2.32.